The van der Waals surface area contributed by atoms with Gasteiger partial charge < -0.3 is 5.11 Å². The lowest BCUT2D eigenvalue weighted by Gasteiger charge is -2.24. The highest BCUT2D eigenvalue weighted by Gasteiger charge is 2.30. The normalized spacial score (nSPS) is 13.8. The second kappa shape index (κ2) is 7.59. The quantitative estimate of drug-likeness (QED) is 0.778. The molecule has 1 rings (SSSR count). The van der Waals surface area contributed by atoms with Crippen LogP contribution in [-0.4, -0.2) is 35.8 Å². The van der Waals surface area contributed by atoms with Crippen LogP contribution in [0.3, 0.4) is 0 Å². The Kier molecular flexibility index (Phi) is 6.42. The molecule has 0 heterocycles. The Bertz CT molecular complexity index is 408. The van der Waals surface area contributed by atoms with Gasteiger partial charge in [-0.2, -0.15) is 13.2 Å². The van der Waals surface area contributed by atoms with Gasteiger partial charge in [0.2, 0.25) is 0 Å². The smallest absolute Gasteiger partial charge is 0.388 e. The molecular formula is C14H19F4NO. The van der Waals surface area contributed by atoms with Crippen LogP contribution < -0.4 is 0 Å². The van der Waals surface area contributed by atoms with Crippen molar-refractivity contribution in [3.8, 4) is 0 Å². The number of hydrogen-bond acceptors (Lipinski definition) is 2. The molecule has 0 spiro atoms. The van der Waals surface area contributed by atoms with Crippen molar-refractivity contribution in [1.82, 2.24) is 4.90 Å². The van der Waals surface area contributed by atoms with Crippen molar-refractivity contribution in [3.63, 3.8) is 0 Å². The summed E-state index contributed by atoms with van der Waals surface area (Å²) in [7, 11) is 0. The number of alkyl halides is 3. The molecule has 1 aromatic carbocycles. The van der Waals surface area contributed by atoms with E-state index < -0.39 is 24.6 Å². The molecule has 0 amide bonds. The summed E-state index contributed by atoms with van der Waals surface area (Å²) in [5.74, 6) is -0.544. The maximum atomic E-state index is 13.4. The van der Waals surface area contributed by atoms with Gasteiger partial charge >= 0.3 is 6.18 Å². The summed E-state index contributed by atoms with van der Waals surface area (Å²) in [5, 5.41) is 9.87. The Hall–Kier alpha value is -1.14. The van der Waals surface area contributed by atoms with Crippen molar-refractivity contribution in [2.24, 2.45) is 0 Å². The SMILES string of the molecule is CCCN(CCC(O)c1ccccc1F)CC(F)(F)F. The molecule has 0 aliphatic rings. The van der Waals surface area contributed by atoms with E-state index in [0.29, 0.717) is 13.0 Å². The molecule has 1 unspecified atom stereocenters. The third kappa shape index (κ3) is 5.88. The van der Waals surface area contributed by atoms with Crippen LogP contribution in [-0.2, 0) is 0 Å². The average Bonchev–Trinajstić information content (AvgIpc) is 2.34. The molecule has 20 heavy (non-hydrogen) atoms. The lowest BCUT2D eigenvalue weighted by molar-refractivity contribution is -0.146. The summed E-state index contributed by atoms with van der Waals surface area (Å²) in [6.07, 6.45) is -4.70. The molecule has 1 N–H and O–H groups in total. The monoisotopic (exact) mass is 293 g/mol. The van der Waals surface area contributed by atoms with Crippen LogP contribution in [0.25, 0.3) is 0 Å². The number of aliphatic hydroxyl groups is 1. The Morgan fingerprint density at radius 1 is 1.20 bits per heavy atom. The van der Waals surface area contributed by atoms with Gasteiger partial charge in [0.15, 0.2) is 0 Å². The van der Waals surface area contributed by atoms with Crippen molar-refractivity contribution in [2.75, 3.05) is 19.6 Å². The van der Waals surface area contributed by atoms with Gasteiger partial charge in [0.1, 0.15) is 5.82 Å². The van der Waals surface area contributed by atoms with E-state index >= 15 is 0 Å². The van der Waals surface area contributed by atoms with Gasteiger partial charge in [-0.15, -0.1) is 0 Å². The third-order valence-corrected chi connectivity index (χ3v) is 2.93. The largest absolute Gasteiger partial charge is 0.401 e. The summed E-state index contributed by atoms with van der Waals surface area (Å²) in [4.78, 5) is 1.23. The van der Waals surface area contributed by atoms with Gasteiger partial charge in [-0.3, -0.25) is 4.90 Å². The van der Waals surface area contributed by atoms with E-state index in [-0.39, 0.29) is 18.5 Å². The fourth-order valence-electron chi connectivity index (χ4n) is 2.05. The van der Waals surface area contributed by atoms with Crippen LogP contribution in [0.5, 0.6) is 0 Å². The zero-order chi connectivity index (χ0) is 15.2. The molecule has 0 aliphatic carbocycles. The van der Waals surface area contributed by atoms with Crippen LogP contribution in [0, 0.1) is 5.82 Å². The Morgan fingerprint density at radius 3 is 2.40 bits per heavy atom. The van der Waals surface area contributed by atoms with Gasteiger partial charge in [0.25, 0.3) is 0 Å². The molecule has 0 aliphatic heterocycles. The maximum absolute atomic E-state index is 13.4. The van der Waals surface area contributed by atoms with Crippen LogP contribution in [0.15, 0.2) is 24.3 Å². The van der Waals surface area contributed by atoms with Crippen molar-refractivity contribution < 1.29 is 22.7 Å². The van der Waals surface area contributed by atoms with E-state index in [0.717, 1.165) is 0 Å². The summed E-state index contributed by atoms with van der Waals surface area (Å²) in [6, 6.07) is 5.74. The molecule has 1 aromatic rings. The molecule has 2 nitrogen and oxygen atoms in total. The summed E-state index contributed by atoms with van der Waals surface area (Å²) in [5.41, 5.74) is 0.121. The van der Waals surface area contributed by atoms with Gasteiger partial charge in [0.05, 0.1) is 12.6 Å². The van der Waals surface area contributed by atoms with Crippen molar-refractivity contribution in [3.05, 3.63) is 35.6 Å². The van der Waals surface area contributed by atoms with Crippen molar-refractivity contribution in [1.29, 1.82) is 0 Å². The molecule has 0 aromatic heterocycles. The molecule has 0 bridgehead atoms. The number of halogens is 4. The standard InChI is InChI=1S/C14H19F4NO/c1-2-8-19(10-14(16,17)18)9-7-13(20)11-5-3-4-6-12(11)15/h3-6,13,20H,2,7-10H2,1H3. The van der Waals surface area contributed by atoms with E-state index in [9.17, 15) is 22.7 Å². The highest BCUT2D eigenvalue weighted by Crippen LogP contribution is 2.22. The first-order valence-corrected chi connectivity index (χ1v) is 6.55. The predicted octanol–water partition coefficient (Wildman–Crippen LogP) is 3.52. The summed E-state index contributed by atoms with van der Waals surface area (Å²) < 4.78 is 50.6. The van der Waals surface area contributed by atoms with Gasteiger partial charge in [-0.05, 0) is 25.5 Å². The number of rotatable bonds is 7. The minimum atomic E-state index is -4.27. The first-order chi connectivity index (χ1) is 9.33. The molecule has 1 atom stereocenters. The lowest BCUT2D eigenvalue weighted by Crippen LogP contribution is -2.36. The fraction of sp³-hybridized carbons (Fsp3) is 0.571. The Balaban J connectivity index is 2.56. The van der Waals surface area contributed by atoms with E-state index in [1.807, 2.05) is 0 Å². The van der Waals surface area contributed by atoms with E-state index in [4.69, 9.17) is 0 Å². The molecule has 0 fully saturated rings. The van der Waals surface area contributed by atoms with Gasteiger partial charge in [-0.1, -0.05) is 25.1 Å². The zero-order valence-electron chi connectivity index (χ0n) is 11.3. The zero-order valence-corrected chi connectivity index (χ0v) is 11.3. The first kappa shape index (κ1) is 16.9. The van der Waals surface area contributed by atoms with E-state index in [1.165, 1.54) is 23.1 Å². The van der Waals surface area contributed by atoms with Crippen molar-refractivity contribution >= 4 is 0 Å². The minimum absolute atomic E-state index is 0.0665. The van der Waals surface area contributed by atoms with Crippen molar-refractivity contribution in [2.45, 2.75) is 32.0 Å². The highest BCUT2D eigenvalue weighted by molar-refractivity contribution is 5.19. The number of benzene rings is 1. The lowest BCUT2D eigenvalue weighted by atomic mass is 10.1. The average molecular weight is 293 g/mol. The summed E-state index contributed by atoms with van der Waals surface area (Å²) >= 11 is 0. The third-order valence-electron chi connectivity index (χ3n) is 2.93. The van der Waals surface area contributed by atoms with Gasteiger partial charge in [-0.25, -0.2) is 4.39 Å². The second-order valence-electron chi connectivity index (χ2n) is 4.72. The van der Waals surface area contributed by atoms with Crippen LogP contribution in [0.1, 0.15) is 31.4 Å². The molecule has 0 saturated heterocycles. The minimum Gasteiger partial charge on any atom is -0.388 e. The predicted molar refractivity (Wildman–Crippen MR) is 68.8 cm³/mol. The Labute approximate surface area is 116 Å². The fourth-order valence-corrected chi connectivity index (χ4v) is 2.05. The number of aliphatic hydroxyl groups excluding tert-OH is 1. The first-order valence-electron chi connectivity index (χ1n) is 6.55. The molecule has 6 heteroatoms. The van der Waals surface area contributed by atoms with E-state index in [1.54, 1.807) is 13.0 Å². The molecule has 0 radical (unpaired) electrons. The topological polar surface area (TPSA) is 23.5 Å². The van der Waals surface area contributed by atoms with Crippen LogP contribution in [0.2, 0.25) is 0 Å². The second-order valence-corrected chi connectivity index (χ2v) is 4.72. The van der Waals surface area contributed by atoms with Gasteiger partial charge in [0, 0.05) is 12.1 Å². The highest BCUT2D eigenvalue weighted by atomic mass is 19.4. The Morgan fingerprint density at radius 2 is 1.85 bits per heavy atom. The number of hydrogen-bond donors (Lipinski definition) is 1. The molecule has 0 saturated carbocycles. The molecular weight excluding hydrogens is 274 g/mol. The number of nitrogens with zero attached hydrogens (tertiary/aromatic N) is 1. The maximum Gasteiger partial charge on any atom is 0.401 e. The molecule has 114 valence electrons. The van der Waals surface area contributed by atoms with E-state index in [2.05, 4.69) is 0 Å². The van der Waals surface area contributed by atoms with Crippen LogP contribution >= 0.6 is 0 Å². The summed E-state index contributed by atoms with van der Waals surface area (Å²) in [6.45, 7) is 1.15. The van der Waals surface area contributed by atoms with Crippen LogP contribution in [0.4, 0.5) is 17.6 Å².